The third kappa shape index (κ3) is 2.95. The molecule has 1 atom stereocenters. The van der Waals surface area contributed by atoms with Crippen LogP contribution in [0.4, 0.5) is 4.39 Å². The van der Waals surface area contributed by atoms with E-state index in [1.165, 1.54) is 21.7 Å². The van der Waals surface area contributed by atoms with Crippen LogP contribution in [-0.2, 0) is 6.42 Å². The second kappa shape index (κ2) is 6.14. The molecule has 0 aliphatic rings. The molecule has 21 heavy (non-hydrogen) atoms. The molecule has 0 aliphatic carbocycles. The number of halogens is 2. The molecule has 3 rings (SSSR count). The molecule has 0 bridgehead atoms. The van der Waals surface area contributed by atoms with Crippen molar-refractivity contribution in [1.29, 1.82) is 0 Å². The van der Waals surface area contributed by atoms with Gasteiger partial charge in [0.15, 0.2) is 0 Å². The first-order chi connectivity index (χ1) is 10.2. The fourth-order valence-corrected chi connectivity index (χ4v) is 3.76. The molecular weight excluding hydrogens is 305 g/mol. The molecule has 0 aliphatic heterocycles. The quantitative estimate of drug-likeness (QED) is 0.697. The third-order valence-electron chi connectivity index (χ3n) is 3.66. The van der Waals surface area contributed by atoms with Gasteiger partial charge in [-0.1, -0.05) is 35.9 Å². The van der Waals surface area contributed by atoms with Crippen LogP contribution in [0.5, 0.6) is 0 Å². The topological polar surface area (TPSA) is 12.0 Å². The van der Waals surface area contributed by atoms with Gasteiger partial charge in [0.25, 0.3) is 0 Å². The van der Waals surface area contributed by atoms with Crippen LogP contribution < -0.4 is 5.32 Å². The van der Waals surface area contributed by atoms with Crippen molar-refractivity contribution in [2.45, 2.75) is 12.5 Å². The fourth-order valence-electron chi connectivity index (χ4n) is 2.54. The molecule has 108 valence electrons. The summed E-state index contributed by atoms with van der Waals surface area (Å²) in [7, 11) is 1.95. The molecule has 0 amide bonds. The first-order valence-corrected chi connectivity index (χ1v) is 8.02. The highest BCUT2D eigenvalue weighted by molar-refractivity contribution is 7.17. The zero-order chi connectivity index (χ0) is 14.8. The minimum absolute atomic E-state index is 0.178. The van der Waals surface area contributed by atoms with E-state index in [4.69, 9.17) is 11.6 Å². The van der Waals surface area contributed by atoms with Gasteiger partial charge in [0.1, 0.15) is 5.82 Å². The molecule has 3 aromatic rings. The standard InChI is InChI=1S/C17H15ClFNS/c1-20-16(9-11-6-7-15(19)14(18)8-11)13-10-21-17-5-3-2-4-12(13)17/h2-8,10,16,20H,9H2,1H3. The zero-order valence-electron chi connectivity index (χ0n) is 11.6. The molecule has 0 radical (unpaired) electrons. The van der Waals surface area contributed by atoms with E-state index < -0.39 is 0 Å². The average molecular weight is 320 g/mol. The molecule has 1 N–H and O–H groups in total. The number of hydrogen-bond donors (Lipinski definition) is 1. The Kier molecular flexibility index (Phi) is 4.24. The minimum atomic E-state index is -0.373. The Morgan fingerprint density at radius 3 is 2.81 bits per heavy atom. The van der Waals surface area contributed by atoms with Gasteiger partial charge in [-0.2, -0.15) is 0 Å². The van der Waals surface area contributed by atoms with Gasteiger partial charge >= 0.3 is 0 Å². The van der Waals surface area contributed by atoms with Crippen molar-refractivity contribution >= 4 is 33.0 Å². The Labute approximate surface area is 132 Å². The van der Waals surface area contributed by atoms with Crippen molar-refractivity contribution in [1.82, 2.24) is 5.32 Å². The Hall–Kier alpha value is -1.42. The lowest BCUT2D eigenvalue weighted by Gasteiger charge is -2.16. The maximum atomic E-state index is 13.3. The molecule has 0 saturated heterocycles. The Balaban J connectivity index is 1.93. The highest BCUT2D eigenvalue weighted by Gasteiger charge is 2.15. The summed E-state index contributed by atoms with van der Waals surface area (Å²) in [6.45, 7) is 0. The van der Waals surface area contributed by atoms with E-state index in [9.17, 15) is 4.39 Å². The lowest BCUT2D eigenvalue weighted by Crippen LogP contribution is -2.18. The van der Waals surface area contributed by atoms with Crippen LogP contribution in [0.2, 0.25) is 5.02 Å². The van der Waals surface area contributed by atoms with Crippen molar-refractivity contribution < 1.29 is 4.39 Å². The Morgan fingerprint density at radius 2 is 2.05 bits per heavy atom. The molecule has 1 heterocycles. The number of nitrogens with one attached hydrogen (secondary N) is 1. The van der Waals surface area contributed by atoms with Crippen molar-refractivity contribution in [3.05, 3.63) is 69.8 Å². The highest BCUT2D eigenvalue weighted by atomic mass is 35.5. The van der Waals surface area contributed by atoms with Gasteiger partial charge in [-0.15, -0.1) is 11.3 Å². The molecule has 4 heteroatoms. The molecule has 1 nitrogen and oxygen atoms in total. The molecule has 0 fully saturated rings. The maximum absolute atomic E-state index is 13.3. The molecular formula is C17H15ClFNS. The summed E-state index contributed by atoms with van der Waals surface area (Å²) in [4.78, 5) is 0. The van der Waals surface area contributed by atoms with Gasteiger partial charge in [-0.25, -0.2) is 4.39 Å². The summed E-state index contributed by atoms with van der Waals surface area (Å²) < 4.78 is 14.5. The highest BCUT2D eigenvalue weighted by Crippen LogP contribution is 2.32. The van der Waals surface area contributed by atoms with E-state index in [0.717, 1.165) is 12.0 Å². The summed E-state index contributed by atoms with van der Waals surface area (Å²) in [5, 5.41) is 6.99. The van der Waals surface area contributed by atoms with E-state index in [-0.39, 0.29) is 16.9 Å². The van der Waals surface area contributed by atoms with Gasteiger partial charge in [0.05, 0.1) is 5.02 Å². The van der Waals surface area contributed by atoms with Gasteiger partial charge in [-0.05, 0) is 53.6 Å². The Morgan fingerprint density at radius 1 is 1.24 bits per heavy atom. The van der Waals surface area contributed by atoms with Crippen LogP contribution in [0.3, 0.4) is 0 Å². The minimum Gasteiger partial charge on any atom is -0.313 e. The lowest BCUT2D eigenvalue weighted by atomic mass is 9.98. The first kappa shape index (κ1) is 14.5. The number of benzene rings is 2. The summed E-state index contributed by atoms with van der Waals surface area (Å²) >= 11 is 7.61. The van der Waals surface area contributed by atoms with Gasteiger partial charge in [0, 0.05) is 10.7 Å². The number of rotatable bonds is 4. The van der Waals surface area contributed by atoms with E-state index in [2.05, 4.69) is 35.0 Å². The first-order valence-electron chi connectivity index (χ1n) is 6.76. The fraction of sp³-hybridized carbons (Fsp3) is 0.176. The molecule has 0 saturated carbocycles. The van der Waals surface area contributed by atoms with Crippen LogP contribution in [0, 0.1) is 5.82 Å². The number of thiophene rings is 1. The lowest BCUT2D eigenvalue weighted by molar-refractivity contribution is 0.594. The second-order valence-corrected chi connectivity index (χ2v) is 6.30. The normalized spacial score (nSPS) is 12.7. The Bertz CT molecular complexity index is 768. The number of fused-ring (bicyclic) bond motifs is 1. The van der Waals surface area contributed by atoms with Crippen LogP contribution >= 0.6 is 22.9 Å². The second-order valence-electron chi connectivity index (χ2n) is 4.98. The molecule has 1 unspecified atom stereocenters. The zero-order valence-corrected chi connectivity index (χ0v) is 13.1. The van der Waals surface area contributed by atoms with Crippen molar-refractivity contribution in [2.75, 3.05) is 7.05 Å². The number of likely N-dealkylation sites (N-methyl/N-ethyl adjacent to an activating group) is 1. The van der Waals surface area contributed by atoms with Crippen molar-refractivity contribution in [3.63, 3.8) is 0 Å². The van der Waals surface area contributed by atoms with Crippen molar-refractivity contribution in [2.24, 2.45) is 0 Å². The summed E-state index contributed by atoms with van der Waals surface area (Å²) in [5.41, 5.74) is 2.30. The predicted octanol–water partition coefficient (Wildman–Crippen LogP) is 5.20. The van der Waals surface area contributed by atoms with Crippen molar-refractivity contribution in [3.8, 4) is 0 Å². The SMILES string of the molecule is CNC(Cc1ccc(F)c(Cl)c1)c1csc2ccccc12. The third-order valence-corrected chi connectivity index (χ3v) is 4.93. The van der Waals surface area contributed by atoms with E-state index in [1.807, 2.05) is 7.05 Å². The van der Waals surface area contributed by atoms with E-state index in [1.54, 1.807) is 23.5 Å². The van der Waals surface area contributed by atoms with Gasteiger partial charge < -0.3 is 5.32 Å². The summed E-state index contributed by atoms with van der Waals surface area (Å²) in [6.07, 6.45) is 0.775. The van der Waals surface area contributed by atoms with Crippen LogP contribution in [0.25, 0.3) is 10.1 Å². The largest absolute Gasteiger partial charge is 0.313 e. The van der Waals surface area contributed by atoms with Crippen LogP contribution in [0.15, 0.2) is 47.8 Å². The number of hydrogen-bond acceptors (Lipinski definition) is 2. The molecule has 0 spiro atoms. The summed E-state index contributed by atoms with van der Waals surface area (Å²) in [6, 6.07) is 13.5. The smallest absolute Gasteiger partial charge is 0.141 e. The maximum Gasteiger partial charge on any atom is 0.141 e. The average Bonchev–Trinajstić information content (AvgIpc) is 2.92. The monoisotopic (exact) mass is 319 g/mol. The van der Waals surface area contributed by atoms with Crippen LogP contribution in [0.1, 0.15) is 17.2 Å². The van der Waals surface area contributed by atoms with E-state index >= 15 is 0 Å². The van der Waals surface area contributed by atoms with Gasteiger partial charge in [-0.3, -0.25) is 0 Å². The summed E-state index contributed by atoms with van der Waals surface area (Å²) in [5.74, 6) is -0.373. The van der Waals surface area contributed by atoms with Gasteiger partial charge in [0.2, 0.25) is 0 Å². The molecule has 2 aromatic carbocycles. The van der Waals surface area contributed by atoms with E-state index in [0.29, 0.717) is 0 Å². The predicted molar refractivity (Wildman–Crippen MR) is 88.7 cm³/mol. The molecule has 1 aromatic heterocycles. The van der Waals surface area contributed by atoms with Crippen LogP contribution in [-0.4, -0.2) is 7.05 Å².